The number of hydrogen-bond acceptors (Lipinski definition) is 3. The van der Waals surface area contributed by atoms with E-state index in [1.807, 2.05) is 13.0 Å². The van der Waals surface area contributed by atoms with Crippen molar-refractivity contribution in [3.05, 3.63) is 94.8 Å². The predicted octanol–water partition coefficient (Wildman–Crippen LogP) is 4.52. The van der Waals surface area contributed by atoms with Crippen LogP contribution in [0.3, 0.4) is 0 Å². The number of halogens is 1. The predicted molar refractivity (Wildman–Crippen MR) is 115 cm³/mol. The van der Waals surface area contributed by atoms with E-state index in [-0.39, 0.29) is 23.2 Å². The molecule has 0 unspecified atom stereocenters. The molecule has 156 valence electrons. The topological polar surface area (TPSA) is 66.5 Å². The summed E-state index contributed by atoms with van der Waals surface area (Å²) in [7, 11) is -2.11. The van der Waals surface area contributed by atoms with Crippen LogP contribution in [0.1, 0.15) is 27.0 Å². The first-order valence-electron chi connectivity index (χ1n) is 9.36. The van der Waals surface area contributed by atoms with Crippen LogP contribution >= 0.6 is 0 Å². The third-order valence-corrected chi connectivity index (χ3v) is 6.20. The van der Waals surface area contributed by atoms with Crippen molar-refractivity contribution in [2.24, 2.45) is 0 Å². The van der Waals surface area contributed by atoms with Crippen LogP contribution in [-0.2, 0) is 16.6 Å². The van der Waals surface area contributed by atoms with E-state index in [1.165, 1.54) is 17.0 Å². The Morgan fingerprint density at radius 2 is 1.70 bits per heavy atom. The maximum absolute atomic E-state index is 13.3. The number of hydrogen-bond donors (Lipinski definition) is 1. The van der Waals surface area contributed by atoms with Gasteiger partial charge in [-0.2, -0.15) is 0 Å². The molecule has 0 bridgehead atoms. The Bertz CT molecular complexity index is 1180. The minimum atomic E-state index is -3.74. The number of nitrogens with one attached hydrogen (secondary N) is 1. The molecule has 3 aromatic carbocycles. The van der Waals surface area contributed by atoms with E-state index in [9.17, 15) is 17.6 Å². The van der Waals surface area contributed by atoms with Crippen molar-refractivity contribution in [1.82, 2.24) is 4.90 Å². The number of nitrogens with zero attached hydrogens (tertiary/aromatic N) is 1. The molecule has 0 radical (unpaired) electrons. The number of aryl methyl sites for hydroxylation is 2. The Labute approximate surface area is 176 Å². The second kappa shape index (κ2) is 8.67. The van der Waals surface area contributed by atoms with E-state index in [1.54, 1.807) is 62.5 Å². The highest BCUT2D eigenvalue weighted by molar-refractivity contribution is 7.92. The largest absolute Gasteiger partial charge is 0.337 e. The molecular weight excluding hydrogens is 403 g/mol. The molecule has 0 aliphatic heterocycles. The Balaban J connectivity index is 1.72. The van der Waals surface area contributed by atoms with Crippen molar-refractivity contribution in [2.75, 3.05) is 11.8 Å². The zero-order chi connectivity index (χ0) is 21.9. The summed E-state index contributed by atoms with van der Waals surface area (Å²) in [6.07, 6.45) is 0. The van der Waals surface area contributed by atoms with Crippen LogP contribution in [0.2, 0.25) is 0 Å². The second-order valence-electron chi connectivity index (χ2n) is 7.24. The molecule has 0 aliphatic carbocycles. The van der Waals surface area contributed by atoms with Gasteiger partial charge in [-0.05, 0) is 73.0 Å². The molecule has 0 saturated heterocycles. The van der Waals surface area contributed by atoms with Crippen molar-refractivity contribution in [1.29, 1.82) is 0 Å². The maximum Gasteiger partial charge on any atom is 0.262 e. The average Bonchev–Trinajstić information content (AvgIpc) is 2.69. The van der Waals surface area contributed by atoms with Crippen molar-refractivity contribution >= 4 is 21.6 Å². The smallest absolute Gasteiger partial charge is 0.262 e. The first-order valence-corrected chi connectivity index (χ1v) is 10.8. The molecule has 1 amide bonds. The van der Waals surface area contributed by atoms with Crippen molar-refractivity contribution < 1.29 is 17.6 Å². The minimum absolute atomic E-state index is 0.220. The van der Waals surface area contributed by atoms with E-state index < -0.39 is 10.0 Å². The Kier molecular flexibility index (Phi) is 6.22. The van der Waals surface area contributed by atoms with Crippen LogP contribution in [-0.4, -0.2) is 26.3 Å². The number of amides is 1. The van der Waals surface area contributed by atoms with Crippen molar-refractivity contribution in [2.45, 2.75) is 25.3 Å². The highest BCUT2D eigenvalue weighted by atomic mass is 32.2. The van der Waals surface area contributed by atoms with E-state index in [4.69, 9.17) is 0 Å². The van der Waals surface area contributed by atoms with Gasteiger partial charge in [0.25, 0.3) is 15.9 Å². The van der Waals surface area contributed by atoms with E-state index in [0.717, 1.165) is 5.56 Å². The number of carbonyl (C=O) groups is 1. The number of sulfonamides is 1. The minimum Gasteiger partial charge on any atom is -0.337 e. The summed E-state index contributed by atoms with van der Waals surface area (Å²) >= 11 is 0. The molecule has 0 heterocycles. The third-order valence-electron chi connectivity index (χ3n) is 4.67. The van der Waals surface area contributed by atoms with Crippen LogP contribution in [0.4, 0.5) is 10.1 Å². The molecule has 0 atom stereocenters. The molecular formula is C23H23FN2O3S. The average molecular weight is 427 g/mol. The fourth-order valence-electron chi connectivity index (χ4n) is 3.09. The Morgan fingerprint density at radius 3 is 2.37 bits per heavy atom. The van der Waals surface area contributed by atoms with Crippen molar-refractivity contribution in [3.8, 4) is 0 Å². The SMILES string of the molecule is Cc1ccc(C)c(S(=O)(=O)Nc2ccc(C(=O)N(C)Cc3cccc(F)c3)cc2)c1. The Morgan fingerprint density at radius 1 is 1.00 bits per heavy atom. The molecule has 7 heteroatoms. The lowest BCUT2D eigenvalue weighted by molar-refractivity contribution is 0.0785. The zero-order valence-corrected chi connectivity index (χ0v) is 17.8. The van der Waals surface area contributed by atoms with Gasteiger partial charge in [-0.25, -0.2) is 12.8 Å². The normalized spacial score (nSPS) is 11.2. The van der Waals surface area contributed by atoms with Gasteiger partial charge in [-0.1, -0.05) is 24.3 Å². The number of carbonyl (C=O) groups excluding carboxylic acids is 1. The highest BCUT2D eigenvalue weighted by Crippen LogP contribution is 2.21. The Hall–Kier alpha value is -3.19. The lowest BCUT2D eigenvalue weighted by Crippen LogP contribution is -2.26. The molecule has 0 aliphatic rings. The molecule has 30 heavy (non-hydrogen) atoms. The van der Waals surface area contributed by atoms with Gasteiger partial charge in [0.15, 0.2) is 0 Å². The van der Waals surface area contributed by atoms with E-state index in [2.05, 4.69) is 4.72 Å². The lowest BCUT2D eigenvalue weighted by atomic mass is 10.1. The van der Waals surface area contributed by atoms with Crippen LogP contribution in [0, 0.1) is 19.7 Å². The second-order valence-corrected chi connectivity index (χ2v) is 8.89. The van der Waals surface area contributed by atoms with Gasteiger partial charge in [0.05, 0.1) is 4.90 Å². The summed E-state index contributed by atoms with van der Waals surface area (Å²) in [6, 6.07) is 17.5. The monoisotopic (exact) mass is 426 g/mol. The fraction of sp³-hybridized carbons (Fsp3) is 0.174. The number of benzene rings is 3. The summed E-state index contributed by atoms with van der Waals surface area (Å²) in [4.78, 5) is 14.3. The van der Waals surface area contributed by atoms with Gasteiger partial charge in [0.2, 0.25) is 0 Å². The first kappa shape index (κ1) is 21.5. The molecule has 3 rings (SSSR count). The van der Waals surface area contributed by atoms with Gasteiger partial charge in [0.1, 0.15) is 5.82 Å². The lowest BCUT2D eigenvalue weighted by Gasteiger charge is -2.18. The van der Waals surface area contributed by atoms with Gasteiger partial charge in [-0.3, -0.25) is 9.52 Å². The van der Waals surface area contributed by atoms with Crippen LogP contribution < -0.4 is 4.72 Å². The first-order chi connectivity index (χ1) is 14.2. The van der Waals surface area contributed by atoms with E-state index in [0.29, 0.717) is 22.4 Å². The molecule has 3 aromatic rings. The number of anilines is 1. The van der Waals surface area contributed by atoms with Crippen molar-refractivity contribution in [3.63, 3.8) is 0 Å². The summed E-state index contributed by atoms with van der Waals surface area (Å²) in [5.74, 6) is -0.600. The molecule has 0 spiro atoms. The molecule has 1 N–H and O–H groups in total. The summed E-state index contributed by atoms with van der Waals surface area (Å²) in [6.45, 7) is 3.83. The van der Waals surface area contributed by atoms with Crippen LogP contribution in [0.5, 0.6) is 0 Å². The molecule has 0 saturated carbocycles. The summed E-state index contributed by atoms with van der Waals surface area (Å²) in [5, 5.41) is 0. The van der Waals surface area contributed by atoms with Gasteiger partial charge >= 0.3 is 0 Å². The summed E-state index contributed by atoms with van der Waals surface area (Å²) < 4.78 is 41.3. The standard InChI is InChI=1S/C23H23FN2O3S/c1-16-7-8-17(2)22(13-16)30(28,29)25-21-11-9-19(10-12-21)23(27)26(3)15-18-5-4-6-20(24)14-18/h4-14,25H,15H2,1-3H3. The van der Waals surface area contributed by atoms with Gasteiger partial charge in [0, 0.05) is 24.8 Å². The van der Waals surface area contributed by atoms with E-state index >= 15 is 0 Å². The fourth-order valence-corrected chi connectivity index (χ4v) is 4.48. The van der Waals surface area contributed by atoms with Gasteiger partial charge < -0.3 is 4.90 Å². The van der Waals surface area contributed by atoms with Crippen LogP contribution in [0.15, 0.2) is 71.6 Å². The third kappa shape index (κ3) is 5.04. The quantitative estimate of drug-likeness (QED) is 0.630. The molecule has 0 fully saturated rings. The molecule has 0 aromatic heterocycles. The highest BCUT2D eigenvalue weighted by Gasteiger charge is 2.18. The molecule has 5 nitrogen and oxygen atoms in total. The zero-order valence-electron chi connectivity index (χ0n) is 17.0. The van der Waals surface area contributed by atoms with Gasteiger partial charge in [-0.15, -0.1) is 0 Å². The maximum atomic E-state index is 13.3. The number of rotatable bonds is 6. The van der Waals surface area contributed by atoms with Crippen LogP contribution in [0.25, 0.3) is 0 Å². The summed E-state index contributed by atoms with van der Waals surface area (Å²) in [5.41, 5.74) is 2.95.